The van der Waals surface area contributed by atoms with Crippen LogP contribution in [-0.4, -0.2) is 71.8 Å². The summed E-state index contributed by atoms with van der Waals surface area (Å²) in [6.45, 7) is 5.04. The molecule has 278 valence electrons. The highest BCUT2D eigenvalue weighted by Gasteiger charge is 2.64. The Labute approximate surface area is 302 Å². The van der Waals surface area contributed by atoms with Gasteiger partial charge in [0.1, 0.15) is 35.6 Å². The summed E-state index contributed by atoms with van der Waals surface area (Å²) in [6.07, 6.45) is -7.42. The zero-order valence-electron chi connectivity index (χ0n) is 27.8. The number of amides is 2. The maximum Gasteiger partial charge on any atom is 0.411 e. The molecule has 0 radical (unpaired) electrons. The second-order valence-corrected chi connectivity index (χ2v) is 14.2. The Morgan fingerprint density at radius 3 is 2.46 bits per heavy atom. The quantitative estimate of drug-likeness (QED) is 0.0918. The average molecular weight is 772 g/mol. The van der Waals surface area contributed by atoms with Crippen LogP contribution in [0.5, 0.6) is 0 Å². The number of alkyl halides is 5. The number of aromatic nitrogens is 5. The van der Waals surface area contributed by atoms with Gasteiger partial charge in [-0.2, -0.15) is 22.6 Å². The van der Waals surface area contributed by atoms with Gasteiger partial charge in [0.2, 0.25) is 0 Å². The highest BCUT2D eigenvalue weighted by atomic mass is 35.5. The number of alkyl carbamates (subject to hydrolysis) is 1. The standard InChI is InChI=1S/C32H32ClF6N9O3S/c1-30(2,3)10-11-41-28(40)47(27(49)19-6-4-18(12-21(19)34)26-43-16-45-52-26)23(14-51-29(50)46-31(8-9-31)32(37,38)39)17-5-7-20(33)22(13-17)48-25(24(35)36)42-15-44-48/h4-7,12-13,15-16,23-24H,8-11,14H2,1-3H3,(H2,40,41)(H,46,50)/t23-/m1/s1. The zero-order valence-corrected chi connectivity index (χ0v) is 29.4. The summed E-state index contributed by atoms with van der Waals surface area (Å²) in [4.78, 5) is 40.0. The SMILES string of the molecule is CC(C)(C)CCN=C(N)N(C(=O)c1ccc(-c2ncns2)cc1F)[C@H](COC(=O)NC1(C(F)(F)F)CC1)c1ccc(Cl)c(-n2ncnc2C(F)F)c1. The van der Waals surface area contributed by atoms with Crippen molar-refractivity contribution < 1.29 is 40.7 Å². The van der Waals surface area contributed by atoms with Gasteiger partial charge in [-0.15, -0.1) is 0 Å². The van der Waals surface area contributed by atoms with Crippen LogP contribution in [0.2, 0.25) is 5.02 Å². The molecule has 1 aliphatic carbocycles. The van der Waals surface area contributed by atoms with Crippen molar-refractivity contribution in [1.82, 2.24) is 34.3 Å². The zero-order chi connectivity index (χ0) is 38.0. The Balaban J connectivity index is 1.61. The third-order valence-electron chi connectivity index (χ3n) is 8.08. The largest absolute Gasteiger partial charge is 0.447 e. The third-order valence-corrected chi connectivity index (χ3v) is 9.11. The minimum Gasteiger partial charge on any atom is -0.447 e. The van der Waals surface area contributed by atoms with E-state index in [4.69, 9.17) is 22.1 Å². The highest BCUT2D eigenvalue weighted by Crippen LogP contribution is 2.49. The normalized spacial score (nSPS) is 15.0. The number of guanidine groups is 1. The molecule has 52 heavy (non-hydrogen) atoms. The fourth-order valence-electron chi connectivity index (χ4n) is 5.03. The Hall–Kier alpha value is -4.78. The van der Waals surface area contributed by atoms with Crippen molar-refractivity contribution in [3.63, 3.8) is 0 Å². The molecule has 5 rings (SSSR count). The van der Waals surface area contributed by atoms with Crippen LogP contribution >= 0.6 is 23.1 Å². The lowest BCUT2D eigenvalue weighted by Crippen LogP contribution is -2.49. The molecular weight excluding hydrogens is 740 g/mol. The average Bonchev–Trinajstić information content (AvgIpc) is 3.43. The van der Waals surface area contributed by atoms with Gasteiger partial charge in [0, 0.05) is 12.1 Å². The number of rotatable bonds is 11. The first-order valence-corrected chi connectivity index (χ1v) is 16.8. The van der Waals surface area contributed by atoms with Crippen molar-refractivity contribution in [3.05, 3.63) is 76.8 Å². The number of nitrogens with zero attached hydrogens (tertiary/aromatic N) is 7. The summed E-state index contributed by atoms with van der Waals surface area (Å²) in [7, 11) is 0. The molecule has 12 nitrogen and oxygen atoms in total. The predicted octanol–water partition coefficient (Wildman–Crippen LogP) is 7.27. The van der Waals surface area contributed by atoms with Gasteiger partial charge >= 0.3 is 12.3 Å². The van der Waals surface area contributed by atoms with E-state index in [0.29, 0.717) is 17.0 Å². The van der Waals surface area contributed by atoms with E-state index in [0.717, 1.165) is 33.5 Å². The Bertz CT molecular complexity index is 1950. The fourth-order valence-corrected chi connectivity index (χ4v) is 5.75. The summed E-state index contributed by atoms with van der Waals surface area (Å²) in [6, 6.07) is 5.95. The van der Waals surface area contributed by atoms with Gasteiger partial charge in [0.25, 0.3) is 12.3 Å². The molecule has 2 aromatic heterocycles. The lowest BCUT2D eigenvalue weighted by molar-refractivity contribution is -0.164. The van der Waals surface area contributed by atoms with E-state index in [2.05, 4.69) is 24.4 Å². The van der Waals surface area contributed by atoms with E-state index < -0.39 is 66.0 Å². The first kappa shape index (κ1) is 38.5. The molecule has 0 bridgehead atoms. The van der Waals surface area contributed by atoms with Crippen molar-refractivity contribution in [3.8, 4) is 16.3 Å². The molecule has 1 fully saturated rings. The minimum atomic E-state index is -4.76. The number of benzene rings is 2. The fraction of sp³-hybridized carbons (Fsp3) is 0.406. The van der Waals surface area contributed by atoms with Crippen molar-refractivity contribution in [2.24, 2.45) is 16.1 Å². The number of halogens is 7. The van der Waals surface area contributed by atoms with E-state index in [9.17, 15) is 31.5 Å². The number of nitrogens with two attached hydrogens (primary N) is 1. The topological polar surface area (TPSA) is 154 Å². The summed E-state index contributed by atoms with van der Waals surface area (Å²) in [5, 5.41) is 5.95. The first-order valence-electron chi connectivity index (χ1n) is 15.6. The van der Waals surface area contributed by atoms with Crippen LogP contribution in [0.4, 0.5) is 31.1 Å². The van der Waals surface area contributed by atoms with E-state index in [1.165, 1.54) is 36.7 Å². The minimum absolute atomic E-state index is 0.0214. The van der Waals surface area contributed by atoms with E-state index in [-0.39, 0.29) is 41.1 Å². The number of aliphatic imine (C=N–C) groups is 1. The molecule has 1 atom stereocenters. The number of carbonyl (C=O) groups is 2. The Kier molecular flexibility index (Phi) is 11.1. The van der Waals surface area contributed by atoms with Crippen molar-refractivity contribution >= 4 is 41.1 Å². The maximum atomic E-state index is 15.8. The van der Waals surface area contributed by atoms with Crippen molar-refractivity contribution in [2.45, 2.75) is 64.2 Å². The number of hydrogen-bond acceptors (Lipinski definition) is 9. The molecule has 0 aliphatic heterocycles. The van der Waals surface area contributed by atoms with Crippen LogP contribution in [0.1, 0.15) is 74.2 Å². The summed E-state index contributed by atoms with van der Waals surface area (Å²) in [5.41, 5.74) is 3.43. The first-order chi connectivity index (χ1) is 24.4. The monoisotopic (exact) mass is 771 g/mol. The number of carbonyl (C=O) groups excluding carboxylic acids is 2. The van der Waals surface area contributed by atoms with Crippen LogP contribution in [-0.2, 0) is 4.74 Å². The predicted molar refractivity (Wildman–Crippen MR) is 179 cm³/mol. The molecule has 1 aliphatic rings. The number of hydrogen-bond donors (Lipinski definition) is 2. The Morgan fingerprint density at radius 2 is 1.87 bits per heavy atom. The van der Waals surface area contributed by atoms with E-state index in [1.807, 2.05) is 26.1 Å². The molecule has 1 saturated carbocycles. The van der Waals surface area contributed by atoms with Crippen molar-refractivity contribution in [2.75, 3.05) is 13.2 Å². The second kappa shape index (κ2) is 15.1. The van der Waals surface area contributed by atoms with Crippen LogP contribution in [0.15, 0.2) is 54.0 Å². The second-order valence-electron chi connectivity index (χ2n) is 13.0. The molecule has 2 amide bonds. The summed E-state index contributed by atoms with van der Waals surface area (Å²) >= 11 is 7.38. The van der Waals surface area contributed by atoms with Crippen LogP contribution in [0.25, 0.3) is 16.3 Å². The summed E-state index contributed by atoms with van der Waals surface area (Å²) < 4.78 is 94.2. The van der Waals surface area contributed by atoms with Gasteiger partial charge in [-0.05, 0) is 66.0 Å². The lowest BCUT2D eigenvalue weighted by atomic mass is 9.92. The Morgan fingerprint density at radius 1 is 1.13 bits per heavy atom. The maximum absolute atomic E-state index is 15.8. The molecule has 0 spiro atoms. The molecule has 20 heteroatoms. The van der Waals surface area contributed by atoms with Crippen LogP contribution in [0.3, 0.4) is 0 Å². The smallest absolute Gasteiger partial charge is 0.411 e. The van der Waals surface area contributed by atoms with Gasteiger partial charge < -0.3 is 15.8 Å². The lowest BCUT2D eigenvalue weighted by Gasteiger charge is -2.32. The van der Waals surface area contributed by atoms with E-state index in [1.54, 1.807) is 0 Å². The van der Waals surface area contributed by atoms with Gasteiger partial charge in [0.15, 0.2) is 11.8 Å². The van der Waals surface area contributed by atoms with Crippen LogP contribution < -0.4 is 11.1 Å². The molecule has 0 saturated heterocycles. The number of nitrogens with one attached hydrogen (secondary N) is 1. The van der Waals surface area contributed by atoms with E-state index >= 15 is 4.39 Å². The van der Waals surface area contributed by atoms with Gasteiger partial charge in [-0.25, -0.2) is 32.6 Å². The summed E-state index contributed by atoms with van der Waals surface area (Å²) in [5.74, 6) is -3.31. The van der Waals surface area contributed by atoms with Gasteiger partial charge in [-0.1, -0.05) is 44.5 Å². The molecular formula is C32H32ClF6N9O3S. The molecule has 2 aromatic carbocycles. The molecule has 0 unspecified atom stereocenters. The van der Waals surface area contributed by atoms with Gasteiger partial charge in [-0.3, -0.25) is 14.7 Å². The molecule has 2 heterocycles. The highest BCUT2D eigenvalue weighted by molar-refractivity contribution is 7.09. The van der Waals surface area contributed by atoms with Crippen molar-refractivity contribution in [1.29, 1.82) is 0 Å². The molecule has 4 aromatic rings. The van der Waals surface area contributed by atoms with Gasteiger partial charge in [0.05, 0.1) is 22.3 Å². The third kappa shape index (κ3) is 8.63. The molecule has 3 N–H and O–H groups in total. The number of ether oxygens (including phenoxy) is 1. The van der Waals surface area contributed by atoms with Crippen LogP contribution in [0, 0.1) is 11.2 Å².